The van der Waals surface area contributed by atoms with Crippen molar-refractivity contribution >= 4 is 155 Å². The normalized spacial score (nSPS) is 9.00. The van der Waals surface area contributed by atoms with E-state index in [1.54, 1.807) is 0 Å². The molecule has 4 nitrogen and oxygen atoms in total. The van der Waals surface area contributed by atoms with Crippen LogP contribution in [0.5, 0.6) is 0 Å². The molecule has 0 rings (SSSR count). The third-order valence-electron chi connectivity index (χ3n) is 4.44. The topological polar surface area (TPSA) is 13.0 Å². The SMILES string of the molecule is CCN(CC)C([S-])[S-].CCN(CC)C([S-])[S-].CCN(CC)C([S-])[S-].CCN(CC)C([S-])[S-].[Fe+2].[Fe+2].[Fe+2].[Fe+2].[SH-].[SH-].[SH-].[SH-]. The van der Waals surface area contributed by atoms with Gasteiger partial charge in [0.15, 0.2) is 0 Å². The molecule has 0 aliphatic heterocycles. The molecule has 0 fully saturated rings. The molecule has 0 heterocycles. The fraction of sp³-hybridized carbons (Fsp3) is 1.00. The molecule has 0 amide bonds. The van der Waals surface area contributed by atoms with E-state index in [2.05, 4.69) is 55.4 Å². The van der Waals surface area contributed by atoms with Crippen LogP contribution in [0.2, 0.25) is 0 Å². The van der Waals surface area contributed by atoms with Crippen molar-refractivity contribution in [2.24, 2.45) is 0 Å². The second-order valence-corrected chi connectivity index (χ2v) is 10.9. The molecule has 0 aliphatic carbocycles. The molecule has 20 heteroatoms. The van der Waals surface area contributed by atoms with Crippen molar-refractivity contribution in [1.29, 1.82) is 0 Å². The Balaban J connectivity index is -0.0000000245. The summed E-state index contributed by atoms with van der Waals surface area (Å²) in [6, 6.07) is 0. The summed E-state index contributed by atoms with van der Waals surface area (Å²) in [5.74, 6) is 0. The number of rotatable bonds is 12. The molecule has 256 valence electrons. The maximum Gasteiger partial charge on any atom is 2.00 e. The fourth-order valence-electron chi connectivity index (χ4n) is 2.09. The van der Waals surface area contributed by atoms with Gasteiger partial charge in [0.2, 0.25) is 0 Å². The van der Waals surface area contributed by atoms with E-state index in [-0.39, 0.29) is 141 Å². The maximum atomic E-state index is 4.84. The van der Waals surface area contributed by atoms with Crippen LogP contribution >= 0.6 is 0 Å². The molecule has 40 heavy (non-hydrogen) atoms. The summed E-state index contributed by atoms with van der Waals surface area (Å²) in [6.45, 7) is 24.2. The first kappa shape index (κ1) is 80.6. The van der Waals surface area contributed by atoms with Gasteiger partial charge in [0.05, 0.1) is 0 Å². The Bertz CT molecular complexity index is 299. The van der Waals surface area contributed by atoms with Gasteiger partial charge in [-0.3, -0.25) is 0 Å². The van der Waals surface area contributed by atoms with Gasteiger partial charge in [0.25, 0.3) is 0 Å². The van der Waals surface area contributed by atoms with Crippen LogP contribution in [-0.4, -0.2) is 90.8 Å². The summed E-state index contributed by atoms with van der Waals surface area (Å²) in [6.07, 6.45) is 0. The number of hydrogen-bond acceptors (Lipinski definition) is 16. The van der Waals surface area contributed by atoms with Gasteiger partial charge in [0.1, 0.15) is 0 Å². The van der Waals surface area contributed by atoms with Crippen molar-refractivity contribution < 1.29 is 68.3 Å². The Morgan fingerprint density at radius 1 is 0.300 bits per heavy atom. The largest absolute Gasteiger partial charge is 2.00 e. The zero-order chi connectivity index (χ0) is 26.3. The van der Waals surface area contributed by atoms with Gasteiger partial charge in [-0.1, -0.05) is 55.4 Å². The summed E-state index contributed by atoms with van der Waals surface area (Å²) in [4.78, 5) is 8.19. The van der Waals surface area contributed by atoms with Gasteiger partial charge < -0.3 is 175 Å². The summed E-state index contributed by atoms with van der Waals surface area (Å²) in [5.41, 5.74) is 0. The summed E-state index contributed by atoms with van der Waals surface area (Å²) >= 11 is 38.7. The quantitative estimate of drug-likeness (QED) is 0.160. The molecule has 0 atom stereocenters. The van der Waals surface area contributed by atoms with Crippen molar-refractivity contribution in [1.82, 2.24) is 19.6 Å². The standard InChI is InChI=1S/4C5H13NS2.4Fe.4H2S/c4*1-3-6(4-2)5(7)8;;;;;;;;/h4*5,7-8H,3-4H2,1-2H3;;;;;4*1H2/q;;;;4*+2;;;;/p-12. The molecule has 0 spiro atoms. The van der Waals surface area contributed by atoms with E-state index >= 15 is 0 Å². The molecule has 0 aliphatic rings. The molecule has 0 N–H and O–H groups in total. The fourth-order valence-corrected chi connectivity index (χ4v) is 4.47. The first-order valence-corrected chi connectivity index (χ1v) is 14.9. The van der Waals surface area contributed by atoms with Gasteiger partial charge in [-0.05, 0) is 52.4 Å². The van der Waals surface area contributed by atoms with E-state index in [1.165, 1.54) is 0 Å². The zero-order valence-electron chi connectivity index (χ0n) is 24.2. The van der Waals surface area contributed by atoms with E-state index in [0.717, 1.165) is 52.4 Å². The molecule has 0 bridgehead atoms. The molecule has 0 aromatic rings. The van der Waals surface area contributed by atoms with Crippen molar-refractivity contribution in [2.45, 2.75) is 74.2 Å². The molecule has 0 aromatic heterocycles. The van der Waals surface area contributed by atoms with Gasteiger partial charge in [0, 0.05) is 0 Å². The zero-order valence-corrected chi connectivity index (χ0v) is 38.8. The van der Waals surface area contributed by atoms with Gasteiger partial charge in [-0.15, -0.1) is 0 Å². The molecule has 0 saturated carbocycles. The number of thiol groups is 4. The van der Waals surface area contributed by atoms with Crippen LogP contribution in [0.15, 0.2) is 0 Å². The number of nitrogens with zero attached hydrogens (tertiary/aromatic N) is 4. The van der Waals surface area contributed by atoms with Crippen molar-refractivity contribution in [3.63, 3.8) is 0 Å². The monoisotopic (exact) mass is 952 g/mol. The van der Waals surface area contributed by atoms with Crippen molar-refractivity contribution in [3.05, 3.63) is 0 Å². The first-order chi connectivity index (χ1) is 14.9. The van der Waals surface area contributed by atoms with Crippen molar-refractivity contribution in [2.75, 3.05) is 52.4 Å². The van der Waals surface area contributed by atoms with E-state index in [1.807, 2.05) is 19.6 Å². The molecule has 0 unspecified atom stereocenters. The molecular formula is C20H48Fe4N4S12-4. The molecule has 0 aromatic carbocycles. The Hall–Kier alpha value is 6.12. The Morgan fingerprint density at radius 2 is 0.375 bits per heavy atom. The van der Waals surface area contributed by atoms with Crippen LogP contribution < -0.4 is 0 Å². The second-order valence-electron chi connectivity index (χ2n) is 6.11. The molecule has 0 saturated heterocycles. The average molecular weight is 953 g/mol. The van der Waals surface area contributed by atoms with E-state index in [4.69, 9.17) is 101 Å². The van der Waals surface area contributed by atoms with Crippen LogP contribution in [0.1, 0.15) is 55.4 Å². The Labute approximate surface area is 364 Å². The maximum absolute atomic E-state index is 4.84. The third kappa shape index (κ3) is 56.5. The van der Waals surface area contributed by atoms with E-state index < -0.39 is 0 Å². The Morgan fingerprint density at radius 3 is 0.375 bits per heavy atom. The third-order valence-corrected chi connectivity index (χ3v) is 6.83. The van der Waals surface area contributed by atoms with Gasteiger partial charge in [-0.25, -0.2) is 18.8 Å². The molecular weight excluding hydrogens is 904 g/mol. The smallest absolute Gasteiger partial charge is 0.813 e. The average Bonchev–Trinajstić information content (AvgIpc) is 2.72. The predicted molar refractivity (Wildman–Crippen MR) is 201 cm³/mol. The van der Waals surface area contributed by atoms with Gasteiger partial charge in [-0.2, -0.15) is 0 Å². The Kier molecular flexibility index (Phi) is 122. The molecule has 0 radical (unpaired) electrons. The predicted octanol–water partition coefficient (Wildman–Crippen LogP) is 1.73. The summed E-state index contributed by atoms with van der Waals surface area (Å²) in [7, 11) is 0. The van der Waals surface area contributed by atoms with Crippen LogP contribution in [0.4, 0.5) is 0 Å². The second kappa shape index (κ2) is 60.4. The van der Waals surface area contributed by atoms with Crippen molar-refractivity contribution in [3.8, 4) is 0 Å². The number of hydrogen-bond donors (Lipinski definition) is 0. The first-order valence-electron chi connectivity index (χ1n) is 11.1. The minimum absolute atomic E-state index is 0. The van der Waals surface area contributed by atoms with Crippen LogP contribution in [0, 0.1) is 0 Å². The van der Waals surface area contributed by atoms with Crippen LogP contribution in [0.25, 0.3) is 0 Å². The van der Waals surface area contributed by atoms with Crippen LogP contribution in [0.3, 0.4) is 0 Å². The van der Waals surface area contributed by atoms with Crippen LogP contribution in [-0.2, 0) is 223 Å². The summed E-state index contributed by atoms with van der Waals surface area (Å²) < 4.78 is -0.481. The van der Waals surface area contributed by atoms with E-state index in [0.29, 0.717) is 0 Å². The van der Waals surface area contributed by atoms with E-state index in [9.17, 15) is 0 Å². The summed E-state index contributed by atoms with van der Waals surface area (Å²) in [5, 5.41) is 0. The van der Waals surface area contributed by atoms with Gasteiger partial charge >= 0.3 is 68.3 Å². The minimum Gasteiger partial charge on any atom is -0.813 e. The minimum atomic E-state index is -0.120.